The van der Waals surface area contributed by atoms with Gasteiger partial charge >= 0.3 is 5.69 Å². The molecule has 6 nitrogen and oxygen atoms in total. The third-order valence-corrected chi connectivity index (χ3v) is 4.14. The number of halogens is 2. The summed E-state index contributed by atoms with van der Waals surface area (Å²) in [5.74, 6) is -0.362. The van der Waals surface area contributed by atoms with Gasteiger partial charge in [0.15, 0.2) is 4.57 Å². The molecule has 2 N–H and O–H groups in total. The molecule has 94 valence electrons. The fraction of sp³-hybridized carbons (Fsp3) is 0.556. The SMILES string of the molecule is O=C1CCCCC(Br)(n2c(O)cn(Br)c2=O)N1. The molecule has 1 atom stereocenters. The zero-order valence-corrected chi connectivity index (χ0v) is 12.0. The first-order chi connectivity index (χ1) is 7.94. The molecule has 1 aromatic heterocycles. The van der Waals surface area contributed by atoms with Crippen LogP contribution in [0.1, 0.15) is 25.7 Å². The molecular formula is C9H11Br2N3O3. The average Bonchev–Trinajstić information content (AvgIpc) is 2.40. The van der Waals surface area contributed by atoms with Crippen molar-refractivity contribution in [2.24, 2.45) is 0 Å². The fourth-order valence-electron chi connectivity index (χ4n) is 1.89. The molecule has 0 bridgehead atoms. The van der Waals surface area contributed by atoms with Crippen molar-refractivity contribution in [2.75, 3.05) is 0 Å². The third-order valence-electron chi connectivity index (χ3n) is 2.68. The second-order valence-corrected chi connectivity index (χ2v) is 6.01. The lowest BCUT2D eigenvalue weighted by molar-refractivity contribution is -0.122. The van der Waals surface area contributed by atoms with Gasteiger partial charge in [0.1, 0.15) is 0 Å². The molecule has 17 heavy (non-hydrogen) atoms. The molecular weight excluding hydrogens is 358 g/mol. The molecule has 0 aromatic carbocycles. The minimum Gasteiger partial charge on any atom is -0.493 e. The van der Waals surface area contributed by atoms with Crippen molar-refractivity contribution >= 4 is 38.0 Å². The van der Waals surface area contributed by atoms with Crippen LogP contribution in [0.4, 0.5) is 0 Å². The molecule has 0 saturated carbocycles. The first kappa shape index (κ1) is 12.7. The first-order valence-corrected chi connectivity index (χ1v) is 6.64. The zero-order chi connectivity index (χ0) is 12.6. The smallest absolute Gasteiger partial charge is 0.343 e. The van der Waals surface area contributed by atoms with Gasteiger partial charge in [-0.3, -0.25) is 4.79 Å². The van der Waals surface area contributed by atoms with Gasteiger partial charge in [0.25, 0.3) is 0 Å². The van der Waals surface area contributed by atoms with E-state index in [2.05, 4.69) is 37.4 Å². The van der Waals surface area contributed by atoms with Crippen LogP contribution in [0.2, 0.25) is 0 Å². The lowest BCUT2D eigenvalue weighted by Crippen LogP contribution is -2.48. The fourth-order valence-corrected chi connectivity index (χ4v) is 3.07. The van der Waals surface area contributed by atoms with Crippen LogP contribution in [0.3, 0.4) is 0 Å². The number of aromatic hydroxyl groups is 1. The summed E-state index contributed by atoms with van der Waals surface area (Å²) in [5, 5.41) is 12.5. The van der Waals surface area contributed by atoms with Crippen molar-refractivity contribution in [3.05, 3.63) is 16.7 Å². The van der Waals surface area contributed by atoms with Crippen LogP contribution < -0.4 is 11.0 Å². The molecule has 2 heterocycles. The Morgan fingerprint density at radius 3 is 2.71 bits per heavy atom. The monoisotopic (exact) mass is 367 g/mol. The summed E-state index contributed by atoms with van der Waals surface area (Å²) in [7, 11) is 0. The Kier molecular flexibility index (Phi) is 3.35. The van der Waals surface area contributed by atoms with Gasteiger partial charge in [-0.25, -0.2) is 13.0 Å². The number of nitrogens with zero attached hydrogens (tertiary/aromatic N) is 2. The highest BCUT2D eigenvalue weighted by molar-refractivity contribution is 9.09. The van der Waals surface area contributed by atoms with Gasteiger partial charge in [0, 0.05) is 12.8 Å². The molecule has 1 aliphatic rings. The van der Waals surface area contributed by atoms with E-state index in [0.717, 1.165) is 21.0 Å². The van der Waals surface area contributed by atoms with E-state index in [9.17, 15) is 14.7 Å². The van der Waals surface area contributed by atoms with E-state index in [1.807, 2.05) is 0 Å². The number of hydrogen-bond donors (Lipinski definition) is 2. The summed E-state index contributed by atoms with van der Waals surface area (Å²) < 4.78 is 1.15. The lowest BCUT2D eigenvalue weighted by Gasteiger charge is -2.27. The number of alkyl halides is 1. The van der Waals surface area contributed by atoms with Crippen LogP contribution >= 0.6 is 32.1 Å². The topological polar surface area (TPSA) is 76.3 Å². The number of amides is 1. The highest BCUT2D eigenvalue weighted by Crippen LogP contribution is 2.32. The quantitative estimate of drug-likeness (QED) is 0.577. The van der Waals surface area contributed by atoms with Gasteiger partial charge in [0.2, 0.25) is 11.8 Å². The van der Waals surface area contributed by atoms with E-state index in [1.165, 1.54) is 6.20 Å². The van der Waals surface area contributed by atoms with E-state index in [-0.39, 0.29) is 11.8 Å². The van der Waals surface area contributed by atoms with Crippen molar-refractivity contribution in [1.29, 1.82) is 0 Å². The van der Waals surface area contributed by atoms with Crippen molar-refractivity contribution in [3.8, 4) is 5.88 Å². The Labute approximate surface area is 114 Å². The molecule has 0 aliphatic carbocycles. The molecule has 1 unspecified atom stereocenters. The Bertz CT molecular complexity index is 510. The Hall–Kier alpha value is -0.760. The molecule has 8 heteroatoms. The molecule has 1 fully saturated rings. The minimum absolute atomic E-state index is 0.145. The van der Waals surface area contributed by atoms with Crippen LogP contribution in [0.25, 0.3) is 0 Å². The van der Waals surface area contributed by atoms with E-state index < -0.39 is 10.3 Å². The normalized spacial score (nSPS) is 25.4. The largest absolute Gasteiger partial charge is 0.493 e. The van der Waals surface area contributed by atoms with E-state index in [1.54, 1.807) is 0 Å². The standard InChI is InChI=1S/C9H11Br2N3O3/c10-9(4-2-1-3-6(15)12-9)14-7(16)5-13(11)8(14)17/h5,16H,1-4H2,(H,12,15). The number of nitrogens with one attached hydrogen (secondary N) is 1. The molecule has 0 radical (unpaired) electrons. The van der Waals surface area contributed by atoms with Crippen molar-refractivity contribution in [1.82, 2.24) is 13.5 Å². The average molecular weight is 369 g/mol. The van der Waals surface area contributed by atoms with Crippen molar-refractivity contribution in [2.45, 2.75) is 30.3 Å². The number of rotatable bonds is 1. The molecule has 1 aliphatic heterocycles. The predicted molar refractivity (Wildman–Crippen MR) is 68.2 cm³/mol. The third kappa shape index (κ3) is 2.28. The van der Waals surface area contributed by atoms with Crippen LogP contribution in [0.15, 0.2) is 11.0 Å². The maximum Gasteiger partial charge on any atom is 0.343 e. The summed E-state index contributed by atoms with van der Waals surface area (Å²) in [5.41, 5.74) is -0.457. The summed E-state index contributed by atoms with van der Waals surface area (Å²) in [4.78, 5) is 23.4. The van der Waals surface area contributed by atoms with E-state index >= 15 is 0 Å². The summed E-state index contributed by atoms with van der Waals surface area (Å²) in [6, 6.07) is 0. The van der Waals surface area contributed by atoms with Crippen LogP contribution in [-0.2, 0) is 9.37 Å². The van der Waals surface area contributed by atoms with Crippen LogP contribution in [0, 0.1) is 0 Å². The van der Waals surface area contributed by atoms with Crippen molar-refractivity contribution < 1.29 is 9.90 Å². The lowest BCUT2D eigenvalue weighted by atomic mass is 10.2. The van der Waals surface area contributed by atoms with Crippen LogP contribution in [0.5, 0.6) is 5.88 Å². The van der Waals surface area contributed by atoms with E-state index in [4.69, 9.17) is 0 Å². The summed E-state index contributed by atoms with van der Waals surface area (Å²) in [6.45, 7) is 0. The highest BCUT2D eigenvalue weighted by Gasteiger charge is 2.36. The zero-order valence-electron chi connectivity index (χ0n) is 8.82. The molecule has 2 rings (SSSR count). The second-order valence-electron chi connectivity index (χ2n) is 3.93. The van der Waals surface area contributed by atoms with Gasteiger partial charge in [-0.1, -0.05) is 0 Å². The van der Waals surface area contributed by atoms with E-state index in [0.29, 0.717) is 12.8 Å². The van der Waals surface area contributed by atoms with Gasteiger partial charge in [0.05, 0.1) is 22.3 Å². The summed E-state index contributed by atoms with van der Waals surface area (Å²) in [6.07, 6.45) is 3.75. The highest BCUT2D eigenvalue weighted by atomic mass is 79.9. The minimum atomic E-state index is -1.05. The Balaban J connectivity index is 2.49. The van der Waals surface area contributed by atoms with Gasteiger partial charge in [-0.05, 0) is 28.8 Å². The molecule has 1 saturated heterocycles. The van der Waals surface area contributed by atoms with Gasteiger partial charge in [-0.15, -0.1) is 0 Å². The first-order valence-electron chi connectivity index (χ1n) is 5.14. The number of aromatic nitrogens is 2. The number of imidazole rings is 1. The summed E-state index contributed by atoms with van der Waals surface area (Å²) >= 11 is 6.33. The second kappa shape index (κ2) is 4.49. The molecule has 1 amide bonds. The van der Waals surface area contributed by atoms with Crippen LogP contribution in [-0.4, -0.2) is 19.2 Å². The molecule has 1 aromatic rings. The maximum atomic E-state index is 11.9. The molecule has 0 spiro atoms. The Morgan fingerprint density at radius 1 is 1.41 bits per heavy atom. The number of carbonyl (C=O) groups excluding carboxylic acids is 1. The van der Waals surface area contributed by atoms with Crippen molar-refractivity contribution in [3.63, 3.8) is 0 Å². The maximum absolute atomic E-state index is 11.9. The Morgan fingerprint density at radius 2 is 2.12 bits per heavy atom. The van der Waals surface area contributed by atoms with Gasteiger partial charge in [-0.2, -0.15) is 0 Å². The number of hydrogen-bond acceptors (Lipinski definition) is 3. The predicted octanol–water partition coefficient (Wildman–Crippen LogP) is 1.21. The van der Waals surface area contributed by atoms with Gasteiger partial charge < -0.3 is 10.4 Å². The number of carbonyl (C=O) groups is 1.